The quantitative estimate of drug-likeness (QED) is 0.573. The largest absolute Gasteiger partial charge is 0.384 e. The summed E-state index contributed by atoms with van der Waals surface area (Å²) < 4.78 is 1.34. The zero-order valence-corrected chi connectivity index (χ0v) is 6.60. The molecule has 0 bridgehead atoms. The van der Waals surface area contributed by atoms with Crippen LogP contribution in [0.4, 0.5) is 11.6 Å². The van der Waals surface area contributed by atoms with E-state index >= 15 is 0 Å². The summed E-state index contributed by atoms with van der Waals surface area (Å²) in [6.45, 7) is 0. The first-order valence-electron chi connectivity index (χ1n) is 3.53. The first-order chi connectivity index (χ1) is 6.24. The van der Waals surface area contributed by atoms with Crippen LogP contribution in [0.1, 0.15) is 5.56 Å². The average Bonchev–Trinajstić information content (AvgIpc) is 2.43. The number of hydrogen-bond donors (Lipinski definition) is 2. The first-order valence-corrected chi connectivity index (χ1v) is 3.53. The number of fused-ring (bicyclic) bond motifs is 1. The van der Waals surface area contributed by atoms with Crippen LogP contribution in [0.5, 0.6) is 0 Å². The number of aromatic nitrogens is 3. The molecule has 0 aliphatic heterocycles. The predicted octanol–water partition coefficient (Wildman–Crippen LogP) is -0.235. The van der Waals surface area contributed by atoms with Gasteiger partial charge in [-0.3, -0.25) is 0 Å². The molecule has 6 nitrogen and oxygen atoms in total. The third kappa shape index (κ3) is 0.873. The van der Waals surface area contributed by atoms with Crippen LogP contribution in [0.15, 0.2) is 12.3 Å². The van der Waals surface area contributed by atoms with Gasteiger partial charge in [0.25, 0.3) is 0 Å². The Bertz CT molecular complexity index is 505. The van der Waals surface area contributed by atoms with Crippen LogP contribution >= 0.6 is 0 Å². The fourth-order valence-corrected chi connectivity index (χ4v) is 1.09. The van der Waals surface area contributed by atoms with Gasteiger partial charge in [-0.05, 0) is 6.07 Å². The number of nitrogens with zero attached hydrogens (tertiary/aromatic N) is 4. The van der Waals surface area contributed by atoms with Crippen LogP contribution in [0.2, 0.25) is 0 Å². The molecule has 0 fully saturated rings. The molecule has 6 heteroatoms. The van der Waals surface area contributed by atoms with Crippen molar-refractivity contribution in [2.75, 3.05) is 11.5 Å². The molecular weight excluding hydrogens is 168 g/mol. The van der Waals surface area contributed by atoms with E-state index in [9.17, 15) is 0 Å². The molecular formula is C7H6N6. The fourth-order valence-electron chi connectivity index (χ4n) is 1.09. The Morgan fingerprint density at radius 3 is 2.92 bits per heavy atom. The topological polar surface area (TPSA) is 106 Å². The molecule has 0 aliphatic rings. The van der Waals surface area contributed by atoms with E-state index in [4.69, 9.17) is 16.7 Å². The second kappa shape index (κ2) is 2.35. The summed E-state index contributed by atoms with van der Waals surface area (Å²) in [6, 6.07) is 3.50. The minimum atomic E-state index is 0.146. The summed E-state index contributed by atoms with van der Waals surface area (Å²) >= 11 is 0. The fraction of sp³-hybridized carbons (Fsp3) is 0. The number of rotatable bonds is 0. The molecule has 2 heterocycles. The molecule has 0 aliphatic carbocycles. The third-order valence-corrected chi connectivity index (χ3v) is 1.69. The highest BCUT2D eigenvalue weighted by Gasteiger charge is 2.11. The smallest absolute Gasteiger partial charge is 0.177 e. The molecule has 0 unspecified atom stereocenters. The van der Waals surface area contributed by atoms with Gasteiger partial charge in [-0.2, -0.15) is 9.78 Å². The van der Waals surface area contributed by atoms with Gasteiger partial charge in [-0.15, -0.1) is 5.10 Å². The third-order valence-electron chi connectivity index (χ3n) is 1.69. The lowest BCUT2D eigenvalue weighted by molar-refractivity contribution is 0.958. The first kappa shape index (κ1) is 7.36. The molecule has 4 N–H and O–H groups in total. The molecule has 0 radical (unpaired) electrons. The van der Waals surface area contributed by atoms with Crippen molar-refractivity contribution >= 4 is 17.3 Å². The molecule has 0 aromatic carbocycles. The summed E-state index contributed by atoms with van der Waals surface area (Å²) in [5, 5.41) is 12.6. The van der Waals surface area contributed by atoms with Crippen LogP contribution in [0.3, 0.4) is 0 Å². The highest BCUT2D eigenvalue weighted by Crippen LogP contribution is 2.16. The molecule has 2 aromatic heterocycles. The molecule has 0 saturated carbocycles. The minimum Gasteiger partial charge on any atom is -0.384 e. The lowest BCUT2D eigenvalue weighted by Gasteiger charge is -1.94. The molecule has 64 valence electrons. The van der Waals surface area contributed by atoms with Gasteiger partial charge in [0.2, 0.25) is 0 Å². The number of nitrogens with two attached hydrogens (primary N) is 2. The maximum Gasteiger partial charge on any atom is 0.177 e. The zero-order chi connectivity index (χ0) is 9.42. The summed E-state index contributed by atoms with van der Waals surface area (Å²) in [6.07, 6.45) is 1.51. The normalized spacial score (nSPS) is 10.1. The lowest BCUT2D eigenvalue weighted by atomic mass is 10.3. The molecule has 2 rings (SSSR count). The SMILES string of the molecule is N#Cc1c(N)nn2c(N)ccnc12. The van der Waals surface area contributed by atoms with E-state index in [1.807, 2.05) is 6.07 Å². The van der Waals surface area contributed by atoms with E-state index in [1.54, 1.807) is 6.07 Å². The van der Waals surface area contributed by atoms with Gasteiger partial charge in [0.1, 0.15) is 17.5 Å². The van der Waals surface area contributed by atoms with Crippen molar-refractivity contribution < 1.29 is 0 Å². The molecule has 13 heavy (non-hydrogen) atoms. The highest BCUT2D eigenvalue weighted by atomic mass is 15.3. The average molecular weight is 174 g/mol. The lowest BCUT2D eigenvalue weighted by Crippen LogP contribution is -1.99. The van der Waals surface area contributed by atoms with Crippen LogP contribution in [0, 0.1) is 11.3 Å². The van der Waals surface area contributed by atoms with E-state index in [2.05, 4.69) is 10.1 Å². The standard InChI is InChI=1S/C7H6N6/c8-3-4-6(10)12-13-5(9)1-2-11-7(4)13/h1-2H,9H2,(H2,10,12). The molecule has 0 spiro atoms. The Kier molecular flexibility index (Phi) is 1.33. The Morgan fingerprint density at radius 2 is 2.23 bits per heavy atom. The predicted molar refractivity (Wildman–Crippen MR) is 46.5 cm³/mol. The Morgan fingerprint density at radius 1 is 1.46 bits per heavy atom. The number of anilines is 2. The van der Waals surface area contributed by atoms with E-state index in [-0.39, 0.29) is 11.4 Å². The van der Waals surface area contributed by atoms with Crippen molar-refractivity contribution in [1.82, 2.24) is 14.6 Å². The van der Waals surface area contributed by atoms with Gasteiger partial charge in [0.15, 0.2) is 11.5 Å². The van der Waals surface area contributed by atoms with Gasteiger partial charge in [-0.25, -0.2) is 4.98 Å². The van der Waals surface area contributed by atoms with Gasteiger partial charge in [0, 0.05) is 6.20 Å². The Balaban J connectivity index is 2.96. The van der Waals surface area contributed by atoms with Crippen molar-refractivity contribution in [3.63, 3.8) is 0 Å². The summed E-state index contributed by atoms with van der Waals surface area (Å²) in [7, 11) is 0. The van der Waals surface area contributed by atoms with E-state index in [0.717, 1.165) is 0 Å². The number of hydrogen-bond acceptors (Lipinski definition) is 5. The van der Waals surface area contributed by atoms with Crippen LogP contribution in [0.25, 0.3) is 5.65 Å². The van der Waals surface area contributed by atoms with Crippen molar-refractivity contribution in [3.8, 4) is 6.07 Å². The van der Waals surface area contributed by atoms with Crippen LogP contribution < -0.4 is 11.5 Å². The summed E-state index contributed by atoms with van der Waals surface area (Å²) in [5.74, 6) is 0.547. The Hall–Kier alpha value is -2.29. The summed E-state index contributed by atoms with van der Waals surface area (Å²) in [5.41, 5.74) is 11.7. The van der Waals surface area contributed by atoms with Crippen molar-refractivity contribution in [2.45, 2.75) is 0 Å². The van der Waals surface area contributed by atoms with Gasteiger partial charge in [0.05, 0.1) is 0 Å². The number of nitrogen functional groups attached to an aromatic ring is 2. The maximum absolute atomic E-state index is 8.73. The van der Waals surface area contributed by atoms with Gasteiger partial charge >= 0.3 is 0 Å². The maximum atomic E-state index is 8.73. The van der Waals surface area contributed by atoms with Crippen molar-refractivity contribution in [2.24, 2.45) is 0 Å². The van der Waals surface area contributed by atoms with Crippen LogP contribution in [-0.2, 0) is 0 Å². The van der Waals surface area contributed by atoms with Gasteiger partial charge < -0.3 is 11.5 Å². The van der Waals surface area contributed by atoms with E-state index in [1.165, 1.54) is 10.7 Å². The van der Waals surface area contributed by atoms with Crippen molar-refractivity contribution in [3.05, 3.63) is 17.8 Å². The molecule has 2 aromatic rings. The minimum absolute atomic E-state index is 0.146. The monoisotopic (exact) mass is 174 g/mol. The highest BCUT2D eigenvalue weighted by molar-refractivity contribution is 5.67. The zero-order valence-electron chi connectivity index (χ0n) is 6.60. The number of nitriles is 1. The second-order valence-electron chi connectivity index (χ2n) is 2.48. The molecule has 0 atom stereocenters. The Labute approximate surface area is 73.4 Å². The summed E-state index contributed by atoms with van der Waals surface area (Å²) in [4.78, 5) is 3.95. The molecule has 0 amide bonds. The van der Waals surface area contributed by atoms with Crippen molar-refractivity contribution in [1.29, 1.82) is 5.26 Å². The van der Waals surface area contributed by atoms with Crippen LogP contribution in [-0.4, -0.2) is 14.6 Å². The van der Waals surface area contributed by atoms with Gasteiger partial charge in [-0.1, -0.05) is 0 Å². The van der Waals surface area contributed by atoms with E-state index in [0.29, 0.717) is 11.5 Å². The van der Waals surface area contributed by atoms with E-state index < -0.39 is 0 Å². The molecule has 0 saturated heterocycles. The second-order valence-corrected chi connectivity index (χ2v) is 2.48.